The predicted molar refractivity (Wildman–Crippen MR) is 84.6 cm³/mol. The number of ketones is 1. The summed E-state index contributed by atoms with van der Waals surface area (Å²) in [6.07, 6.45) is 2.59. The average Bonchev–Trinajstić information content (AvgIpc) is 3.34. The Kier molecular flexibility index (Phi) is 3.94. The first-order valence-corrected chi connectivity index (χ1v) is 7.48. The number of nitrogens with zero attached hydrogens (tertiary/aromatic N) is 1. The molecule has 22 heavy (non-hydrogen) atoms. The van der Waals surface area contributed by atoms with E-state index in [0.717, 1.165) is 5.56 Å². The van der Waals surface area contributed by atoms with Gasteiger partial charge in [-0.15, -0.1) is 0 Å². The second kappa shape index (κ2) is 5.89. The van der Waals surface area contributed by atoms with E-state index in [9.17, 15) is 14.9 Å². The summed E-state index contributed by atoms with van der Waals surface area (Å²) in [5.74, 6) is 0.509. The summed E-state index contributed by atoms with van der Waals surface area (Å²) in [5, 5.41) is 11.2. The Hall–Kier alpha value is -2.20. The first kappa shape index (κ1) is 14.7. The van der Waals surface area contributed by atoms with Crippen LogP contribution in [0.4, 0.5) is 5.69 Å². The largest absolute Gasteiger partial charge is 0.294 e. The van der Waals surface area contributed by atoms with Crippen molar-refractivity contribution in [3.63, 3.8) is 0 Å². The van der Waals surface area contributed by atoms with Gasteiger partial charge < -0.3 is 0 Å². The zero-order valence-corrected chi connectivity index (χ0v) is 12.5. The van der Waals surface area contributed by atoms with Crippen LogP contribution in [0.25, 0.3) is 0 Å². The van der Waals surface area contributed by atoms with Crippen molar-refractivity contribution in [2.45, 2.75) is 25.2 Å². The van der Waals surface area contributed by atoms with Gasteiger partial charge in [-0.1, -0.05) is 23.7 Å². The lowest BCUT2D eigenvalue weighted by Gasteiger charge is -2.07. The highest BCUT2D eigenvalue weighted by Crippen LogP contribution is 2.41. The van der Waals surface area contributed by atoms with E-state index in [-0.39, 0.29) is 17.9 Å². The van der Waals surface area contributed by atoms with E-state index in [0.29, 0.717) is 16.5 Å². The molecule has 3 rings (SSSR count). The maximum atomic E-state index is 12.3. The third-order valence-electron chi connectivity index (χ3n) is 3.87. The minimum absolute atomic E-state index is 0.0229. The number of carbonyl (C=O) groups excluding carboxylic acids is 1. The highest BCUT2D eigenvalue weighted by molar-refractivity contribution is 6.31. The molecule has 0 saturated heterocycles. The second-order valence-corrected chi connectivity index (χ2v) is 5.94. The van der Waals surface area contributed by atoms with Gasteiger partial charge in [0.15, 0.2) is 5.78 Å². The van der Waals surface area contributed by atoms with Gasteiger partial charge in [-0.25, -0.2) is 0 Å². The zero-order valence-electron chi connectivity index (χ0n) is 11.8. The molecule has 1 aliphatic rings. The van der Waals surface area contributed by atoms with Gasteiger partial charge >= 0.3 is 0 Å². The second-order valence-electron chi connectivity index (χ2n) is 5.53. The minimum Gasteiger partial charge on any atom is -0.294 e. The van der Waals surface area contributed by atoms with Gasteiger partial charge in [-0.3, -0.25) is 14.9 Å². The highest BCUT2D eigenvalue weighted by Gasteiger charge is 2.24. The van der Waals surface area contributed by atoms with E-state index in [1.807, 2.05) is 18.2 Å². The van der Waals surface area contributed by atoms with Gasteiger partial charge in [0.1, 0.15) is 0 Å². The van der Waals surface area contributed by atoms with Crippen LogP contribution in [0.15, 0.2) is 42.5 Å². The predicted octanol–water partition coefficient (Wildman–Crippen LogP) is 4.55. The normalized spacial score (nSPS) is 13.9. The Morgan fingerprint density at radius 2 is 1.86 bits per heavy atom. The molecule has 0 amide bonds. The van der Waals surface area contributed by atoms with Crippen molar-refractivity contribution in [2.75, 3.05) is 0 Å². The van der Waals surface area contributed by atoms with E-state index in [1.165, 1.54) is 42.7 Å². The number of Topliss-reactive ketones (excluding diaryl/α,β-unsaturated/α-hetero) is 1. The van der Waals surface area contributed by atoms with E-state index in [2.05, 4.69) is 0 Å². The Balaban J connectivity index is 1.78. The van der Waals surface area contributed by atoms with Gasteiger partial charge in [0.2, 0.25) is 0 Å². The number of hydrogen-bond acceptors (Lipinski definition) is 3. The number of non-ortho nitro benzene ring substituents is 1. The van der Waals surface area contributed by atoms with Gasteiger partial charge in [-0.2, -0.15) is 0 Å². The highest BCUT2D eigenvalue weighted by atomic mass is 35.5. The fourth-order valence-electron chi connectivity index (χ4n) is 2.44. The van der Waals surface area contributed by atoms with E-state index in [1.54, 1.807) is 0 Å². The molecule has 0 heterocycles. The number of hydrogen-bond donors (Lipinski definition) is 0. The molecular weight excluding hydrogens is 302 g/mol. The molecule has 0 unspecified atom stereocenters. The Labute approximate surface area is 132 Å². The first-order chi connectivity index (χ1) is 10.5. The maximum absolute atomic E-state index is 12.3. The molecule has 112 valence electrons. The van der Waals surface area contributed by atoms with E-state index >= 15 is 0 Å². The molecule has 1 saturated carbocycles. The van der Waals surface area contributed by atoms with Crippen LogP contribution in [0.1, 0.15) is 40.2 Å². The van der Waals surface area contributed by atoms with Gasteiger partial charge in [0.25, 0.3) is 5.69 Å². The maximum Gasteiger partial charge on any atom is 0.269 e. The van der Waals surface area contributed by atoms with Crippen molar-refractivity contribution < 1.29 is 9.72 Å². The molecule has 4 nitrogen and oxygen atoms in total. The number of halogens is 1. The Bertz CT molecular complexity index is 736. The molecule has 2 aromatic rings. The standard InChI is InChI=1S/C17H14ClNO3/c18-16-8-5-13(11-1-2-11)9-14(16)10-17(20)12-3-6-15(7-4-12)19(21)22/h3-9,11H,1-2,10H2. The Morgan fingerprint density at radius 1 is 1.18 bits per heavy atom. The molecule has 2 aromatic carbocycles. The van der Waals surface area contributed by atoms with Crippen LogP contribution in [-0.2, 0) is 6.42 Å². The summed E-state index contributed by atoms with van der Waals surface area (Å²) < 4.78 is 0. The lowest BCUT2D eigenvalue weighted by atomic mass is 10.00. The molecule has 0 aromatic heterocycles. The summed E-state index contributed by atoms with van der Waals surface area (Å²) in [5.41, 5.74) is 2.48. The molecule has 1 aliphatic carbocycles. The number of benzene rings is 2. The lowest BCUT2D eigenvalue weighted by molar-refractivity contribution is -0.384. The lowest BCUT2D eigenvalue weighted by Crippen LogP contribution is -2.04. The molecule has 0 spiro atoms. The molecule has 0 N–H and O–H groups in total. The number of rotatable bonds is 5. The fourth-order valence-corrected chi connectivity index (χ4v) is 2.63. The molecule has 5 heteroatoms. The van der Waals surface area contributed by atoms with Gasteiger partial charge in [0.05, 0.1) is 4.92 Å². The number of nitro groups is 1. The molecular formula is C17H14ClNO3. The van der Waals surface area contributed by atoms with Crippen molar-refractivity contribution in [3.8, 4) is 0 Å². The van der Waals surface area contributed by atoms with Crippen LogP contribution < -0.4 is 0 Å². The summed E-state index contributed by atoms with van der Waals surface area (Å²) in [6, 6.07) is 11.5. The minimum atomic E-state index is -0.482. The van der Waals surface area contributed by atoms with Crippen molar-refractivity contribution >= 4 is 23.1 Å². The van der Waals surface area contributed by atoms with Crippen molar-refractivity contribution in [1.82, 2.24) is 0 Å². The topological polar surface area (TPSA) is 60.2 Å². The zero-order chi connectivity index (χ0) is 15.7. The van der Waals surface area contributed by atoms with Gasteiger partial charge in [-0.05, 0) is 48.1 Å². The smallest absolute Gasteiger partial charge is 0.269 e. The molecule has 1 fully saturated rings. The van der Waals surface area contributed by atoms with Crippen LogP contribution >= 0.6 is 11.6 Å². The molecule has 0 atom stereocenters. The average molecular weight is 316 g/mol. The summed E-state index contributed by atoms with van der Waals surface area (Å²) in [7, 11) is 0. The van der Waals surface area contributed by atoms with E-state index < -0.39 is 4.92 Å². The van der Waals surface area contributed by atoms with Crippen LogP contribution in [-0.4, -0.2) is 10.7 Å². The quantitative estimate of drug-likeness (QED) is 0.462. The number of nitro benzene ring substituents is 1. The molecule has 0 radical (unpaired) electrons. The Morgan fingerprint density at radius 3 is 2.45 bits per heavy atom. The summed E-state index contributed by atoms with van der Waals surface area (Å²) in [6.45, 7) is 0. The fraction of sp³-hybridized carbons (Fsp3) is 0.235. The third kappa shape index (κ3) is 3.17. The van der Waals surface area contributed by atoms with Gasteiger partial charge in [0, 0.05) is 29.1 Å². The molecule has 0 bridgehead atoms. The summed E-state index contributed by atoms with van der Waals surface area (Å²) in [4.78, 5) is 22.5. The van der Waals surface area contributed by atoms with Crippen molar-refractivity contribution in [3.05, 3.63) is 74.3 Å². The third-order valence-corrected chi connectivity index (χ3v) is 4.24. The van der Waals surface area contributed by atoms with Crippen LogP contribution in [0.3, 0.4) is 0 Å². The van der Waals surface area contributed by atoms with Crippen LogP contribution in [0.5, 0.6) is 0 Å². The van der Waals surface area contributed by atoms with Crippen LogP contribution in [0, 0.1) is 10.1 Å². The molecule has 0 aliphatic heterocycles. The van der Waals surface area contributed by atoms with Crippen molar-refractivity contribution in [2.24, 2.45) is 0 Å². The van der Waals surface area contributed by atoms with E-state index in [4.69, 9.17) is 11.6 Å². The van der Waals surface area contributed by atoms with Crippen LogP contribution in [0.2, 0.25) is 5.02 Å². The number of carbonyl (C=O) groups is 1. The monoisotopic (exact) mass is 315 g/mol. The summed E-state index contributed by atoms with van der Waals surface area (Å²) >= 11 is 6.18. The SMILES string of the molecule is O=C(Cc1cc(C2CC2)ccc1Cl)c1ccc([N+](=O)[O-])cc1. The first-order valence-electron chi connectivity index (χ1n) is 7.10. The van der Waals surface area contributed by atoms with Crippen molar-refractivity contribution in [1.29, 1.82) is 0 Å².